The molecule has 0 saturated heterocycles. The molecule has 0 nitrogen and oxygen atoms in total. The summed E-state index contributed by atoms with van der Waals surface area (Å²) >= 11 is 0. The van der Waals surface area contributed by atoms with Gasteiger partial charge in [-0.15, -0.1) is 0 Å². The van der Waals surface area contributed by atoms with Crippen LogP contribution in [0.3, 0.4) is 0 Å². The maximum Gasteiger partial charge on any atom is -0.00207 e. The van der Waals surface area contributed by atoms with Gasteiger partial charge in [-0.3, -0.25) is 0 Å². The molecule has 0 rings (SSSR count). The van der Waals surface area contributed by atoms with Crippen LogP contribution in [0.25, 0.3) is 0 Å². The molecule has 0 amide bonds. The Morgan fingerprint density at radius 2 is 0.833 bits per heavy atom. The summed E-state index contributed by atoms with van der Waals surface area (Å²) in [6, 6.07) is 0. The summed E-state index contributed by atoms with van der Waals surface area (Å²) in [5.74, 6) is 6.27. The third kappa shape index (κ3) is 4.03. The van der Waals surface area contributed by atoms with Gasteiger partial charge in [-0.2, -0.15) is 0 Å². The van der Waals surface area contributed by atoms with Gasteiger partial charge in [-0.05, 0) is 52.7 Å². The van der Waals surface area contributed by atoms with Crippen LogP contribution in [0, 0.1) is 11.8 Å². The standard InChI is InChI=1S/C12H18/c1-9(2)11(5)7-8-12(6)10(3)4/h1-6H3. The van der Waals surface area contributed by atoms with Crippen molar-refractivity contribution < 1.29 is 0 Å². The summed E-state index contributed by atoms with van der Waals surface area (Å²) in [6.07, 6.45) is 0. The fourth-order valence-electron chi connectivity index (χ4n) is 0.438. The van der Waals surface area contributed by atoms with Crippen molar-refractivity contribution in [2.45, 2.75) is 41.5 Å². The van der Waals surface area contributed by atoms with Gasteiger partial charge in [0.2, 0.25) is 0 Å². The number of hydrogen-bond donors (Lipinski definition) is 0. The van der Waals surface area contributed by atoms with Crippen LogP contribution in [0.2, 0.25) is 0 Å². The zero-order valence-electron chi connectivity index (χ0n) is 9.00. The first kappa shape index (κ1) is 11.0. The first-order chi connectivity index (χ1) is 5.45. The Balaban J connectivity index is 4.66. The van der Waals surface area contributed by atoms with E-state index in [1.165, 1.54) is 22.3 Å². The molecule has 0 bridgehead atoms. The Morgan fingerprint density at radius 3 is 1.00 bits per heavy atom. The smallest absolute Gasteiger partial charge is 0.00207 e. The molecule has 0 aliphatic heterocycles. The fraction of sp³-hybridized carbons (Fsp3) is 0.500. The lowest BCUT2D eigenvalue weighted by Crippen LogP contribution is -1.77. The van der Waals surface area contributed by atoms with Crippen LogP contribution in [0.15, 0.2) is 22.3 Å². The molecule has 0 aliphatic rings. The van der Waals surface area contributed by atoms with Crippen LogP contribution in [-0.2, 0) is 0 Å². The first-order valence-corrected chi connectivity index (χ1v) is 4.25. The summed E-state index contributed by atoms with van der Waals surface area (Å²) in [5.41, 5.74) is 4.94. The molecule has 0 aliphatic carbocycles. The van der Waals surface area contributed by atoms with E-state index in [2.05, 4.69) is 53.4 Å². The monoisotopic (exact) mass is 162 g/mol. The molecule has 0 saturated carbocycles. The summed E-state index contributed by atoms with van der Waals surface area (Å²) < 4.78 is 0. The summed E-state index contributed by atoms with van der Waals surface area (Å²) in [6.45, 7) is 12.5. The molecule has 0 aromatic heterocycles. The molecule has 0 N–H and O–H groups in total. The quantitative estimate of drug-likeness (QED) is 0.476. The molecule has 0 atom stereocenters. The third-order valence-electron chi connectivity index (χ3n) is 1.94. The van der Waals surface area contributed by atoms with Crippen LogP contribution in [-0.4, -0.2) is 0 Å². The van der Waals surface area contributed by atoms with Crippen molar-refractivity contribution in [3.05, 3.63) is 22.3 Å². The van der Waals surface area contributed by atoms with Gasteiger partial charge in [0, 0.05) is 0 Å². The van der Waals surface area contributed by atoms with Gasteiger partial charge in [-0.25, -0.2) is 0 Å². The Labute approximate surface area is 76.4 Å². The molecule has 0 heterocycles. The van der Waals surface area contributed by atoms with Crippen molar-refractivity contribution in [2.75, 3.05) is 0 Å². The highest BCUT2D eigenvalue weighted by atomic mass is 13.9. The van der Waals surface area contributed by atoms with Crippen LogP contribution in [0.1, 0.15) is 41.5 Å². The molecule has 0 spiro atoms. The highest BCUT2D eigenvalue weighted by molar-refractivity contribution is 5.39. The van der Waals surface area contributed by atoms with E-state index < -0.39 is 0 Å². The first-order valence-electron chi connectivity index (χ1n) is 4.25. The lowest BCUT2D eigenvalue weighted by Gasteiger charge is -1.93. The Kier molecular flexibility index (Phi) is 4.44. The highest BCUT2D eigenvalue weighted by Gasteiger charge is 1.86. The van der Waals surface area contributed by atoms with Gasteiger partial charge in [0.05, 0.1) is 0 Å². The molecule has 0 heteroatoms. The van der Waals surface area contributed by atoms with Crippen molar-refractivity contribution >= 4 is 0 Å². The van der Waals surface area contributed by atoms with Gasteiger partial charge in [0.15, 0.2) is 0 Å². The topological polar surface area (TPSA) is 0 Å². The van der Waals surface area contributed by atoms with Crippen LogP contribution >= 0.6 is 0 Å². The predicted molar refractivity (Wildman–Crippen MR) is 55.9 cm³/mol. The maximum atomic E-state index is 3.13. The van der Waals surface area contributed by atoms with Gasteiger partial charge in [0.25, 0.3) is 0 Å². The van der Waals surface area contributed by atoms with E-state index in [0.29, 0.717) is 0 Å². The van der Waals surface area contributed by atoms with Crippen molar-refractivity contribution in [1.29, 1.82) is 0 Å². The van der Waals surface area contributed by atoms with E-state index in [1.807, 2.05) is 0 Å². The van der Waals surface area contributed by atoms with E-state index in [-0.39, 0.29) is 0 Å². The zero-order chi connectivity index (χ0) is 9.72. The van der Waals surface area contributed by atoms with Gasteiger partial charge in [-0.1, -0.05) is 23.0 Å². The van der Waals surface area contributed by atoms with Gasteiger partial charge >= 0.3 is 0 Å². The molecular weight excluding hydrogens is 144 g/mol. The molecule has 66 valence electrons. The summed E-state index contributed by atoms with van der Waals surface area (Å²) in [7, 11) is 0. The summed E-state index contributed by atoms with van der Waals surface area (Å²) in [5, 5.41) is 0. The lowest BCUT2D eigenvalue weighted by atomic mass is 10.1. The molecule has 0 unspecified atom stereocenters. The lowest BCUT2D eigenvalue weighted by molar-refractivity contribution is 1.30. The fourth-order valence-corrected chi connectivity index (χ4v) is 0.438. The second kappa shape index (κ2) is 4.83. The second-order valence-corrected chi connectivity index (χ2v) is 3.50. The molecule has 12 heavy (non-hydrogen) atoms. The normalized spacial score (nSPS) is 8.17. The minimum atomic E-state index is 1.18. The Bertz CT molecular complexity index is 241. The molecule has 0 aromatic rings. The van der Waals surface area contributed by atoms with E-state index in [1.54, 1.807) is 0 Å². The average Bonchev–Trinajstić information content (AvgIpc) is 1.98. The van der Waals surface area contributed by atoms with Crippen LogP contribution in [0.5, 0.6) is 0 Å². The van der Waals surface area contributed by atoms with E-state index >= 15 is 0 Å². The largest absolute Gasteiger partial charge is 0.0668 e. The zero-order valence-corrected chi connectivity index (χ0v) is 9.00. The molecular formula is C12H18. The van der Waals surface area contributed by atoms with E-state index in [0.717, 1.165) is 0 Å². The second-order valence-electron chi connectivity index (χ2n) is 3.50. The van der Waals surface area contributed by atoms with E-state index in [9.17, 15) is 0 Å². The molecule has 0 radical (unpaired) electrons. The minimum Gasteiger partial charge on any atom is -0.0668 e. The van der Waals surface area contributed by atoms with Crippen molar-refractivity contribution in [3.8, 4) is 11.8 Å². The van der Waals surface area contributed by atoms with Crippen molar-refractivity contribution in [3.63, 3.8) is 0 Å². The van der Waals surface area contributed by atoms with Crippen molar-refractivity contribution in [1.82, 2.24) is 0 Å². The van der Waals surface area contributed by atoms with Gasteiger partial charge < -0.3 is 0 Å². The molecule has 0 aromatic carbocycles. The van der Waals surface area contributed by atoms with E-state index in [4.69, 9.17) is 0 Å². The Morgan fingerprint density at radius 1 is 0.583 bits per heavy atom. The third-order valence-corrected chi connectivity index (χ3v) is 1.94. The van der Waals surface area contributed by atoms with Crippen LogP contribution in [0.4, 0.5) is 0 Å². The Hall–Kier alpha value is -0.960. The predicted octanol–water partition coefficient (Wildman–Crippen LogP) is 3.70. The van der Waals surface area contributed by atoms with Crippen LogP contribution < -0.4 is 0 Å². The number of allylic oxidation sites excluding steroid dienone is 4. The number of rotatable bonds is 0. The minimum absolute atomic E-state index is 1.18. The highest BCUT2D eigenvalue weighted by Crippen LogP contribution is 2.02. The maximum absolute atomic E-state index is 3.13. The SMILES string of the molecule is CC(C)=C(C)C#CC(C)=C(C)C. The van der Waals surface area contributed by atoms with Gasteiger partial charge in [0.1, 0.15) is 0 Å². The average molecular weight is 162 g/mol. The summed E-state index contributed by atoms with van der Waals surface area (Å²) in [4.78, 5) is 0. The van der Waals surface area contributed by atoms with Crippen molar-refractivity contribution in [2.24, 2.45) is 0 Å². The number of hydrogen-bond acceptors (Lipinski definition) is 0. The molecule has 0 fully saturated rings.